The molecule has 6 heteroatoms. The second-order valence-electron chi connectivity index (χ2n) is 7.85. The molecule has 164 valence electrons. The predicted octanol–water partition coefficient (Wildman–Crippen LogP) is 4.24. The Morgan fingerprint density at radius 1 is 1.13 bits per heavy atom. The summed E-state index contributed by atoms with van der Waals surface area (Å²) < 4.78 is 10.8. The van der Waals surface area contributed by atoms with Gasteiger partial charge in [0.05, 0.1) is 24.8 Å². The first-order valence-electron chi connectivity index (χ1n) is 10.4. The van der Waals surface area contributed by atoms with E-state index in [-0.39, 0.29) is 17.4 Å². The van der Waals surface area contributed by atoms with Crippen molar-refractivity contribution in [3.63, 3.8) is 0 Å². The monoisotopic (exact) mass is 423 g/mol. The number of carbonyl (C=O) groups is 2. The van der Waals surface area contributed by atoms with Crippen molar-refractivity contribution in [2.45, 2.75) is 39.3 Å². The summed E-state index contributed by atoms with van der Waals surface area (Å²) >= 11 is 0. The van der Waals surface area contributed by atoms with E-state index in [2.05, 4.69) is 0 Å². The summed E-state index contributed by atoms with van der Waals surface area (Å²) in [6.45, 7) is 6.67. The minimum Gasteiger partial charge on any atom is -0.507 e. The van der Waals surface area contributed by atoms with Gasteiger partial charge in [-0.1, -0.05) is 36.4 Å². The van der Waals surface area contributed by atoms with Crippen LogP contribution in [0.2, 0.25) is 0 Å². The Bertz CT molecular complexity index is 995. The van der Waals surface area contributed by atoms with Crippen molar-refractivity contribution >= 4 is 17.4 Å². The molecule has 1 N–H and O–H groups in total. The molecule has 1 amide bonds. The van der Waals surface area contributed by atoms with Gasteiger partial charge in [0.1, 0.15) is 11.5 Å². The van der Waals surface area contributed by atoms with Crippen LogP contribution in [0.15, 0.2) is 54.1 Å². The van der Waals surface area contributed by atoms with Crippen molar-refractivity contribution < 1.29 is 24.2 Å². The molecular formula is C25H29NO5. The molecule has 6 nitrogen and oxygen atoms in total. The number of methoxy groups -OCH3 is 1. The van der Waals surface area contributed by atoms with E-state index in [0.717, 1.165) is 11.1 Å². The van der Waals surface area contributed by atoms with Crippen molar-refractivity contribution in [2.24, 2.45) is 0 Å². The minimum absolute atomic E-state index is 0.0932. The van der Waals surface area contributed by atoms with Crippen LogP contribution in [0.5, 0.6) is 5.75 Å². The minimum atomic E-state index is -0.682. The number of benzene rings is 2. The normalized spacial score (nSPS) is 18.1. The Kier molecular flexibility index (Phi) is 7.13. The number of Topliss-reactive ketones (excluding diaryl/α,β-unsaturated/α-hetero) is 1. The van der Waals surface area contributed by atoms with Gasteiger partial charge < -0.3 is 19.5 Å². The van der Waals surface area contributed by atoms with Gasteiger partial charge >= 0.3 is 0 Å². The quantitative estimate of drug-likeness (QED) is 0.297. The largest absolute Gasteiger partial charge is 0.507 e. The van der Waals surface area contributed by atoms with E-state index in [1.54, 1.807) is 29.2 Å². The molecule has 1 atom stereocenters. The average Bonchev–Trinajstić information content (AvgIpc) is 3.01. The van der Waals surface area contributed by atoms with Crippen LogP contribution in [0, 0.1) is 6.92 Å². The summed E-state index contributed by atoms with van der Waals surface area (Å²) in [5.74, 6) is -0.941. The molecule has 1 unspecified atom stereocenters. The molecule has 0 bridgehead atoms. The highest BCUT2D eigenvalue weighted by Gasteiger charge is 2.46. The highest BCUT2D eigenvalue weighted by atomic mass is 16.5. The first-order valence-corrected chi connectivity index (χ1v) is 10.4. The second kappa shape index (κ2) is 9.79. The van der Waals surface area contributed by atoms with Crippen molar-refractivity contribution in [3.8, 4) is 5.75 Å². The lowest BCUT2D eigenvalue weighted by Crippen LogP contribution is -2.31. The van der Waals surface area contributed by atoms with E-state index in [1.807, 2.05) is 45.0 Å². The van der Waals surface area contributed by atoms with Crippen LogP contribution in [0.25, 0.3) is 5.76 Å². The van der Waals surface area contributed by atoms with Crippen LogP contribution in [0.4, 0.5) is 0 Å². The highest BCUT2D eigenvalue weighted by Crippen LogP contribution is 2.40. The lowest BCUT2D eigenvalue weighted by atomic mass is 9.92. The number of rotatable bonds is 8. The van der Waals surface area contributed by atoms with Gasteiger partial charge in [-0.3, -0.25) is 9.59 Å². The maximum Gasteiger partial charge on any atom is 0.295 e. The van der Waals surface area contributed by atoms with Gasteiger partial charge in [0, 0.05) is 18.7 Å². The molecule has 0 aliphatic carbocycles. The Morgan fingerprint density at radius 2 is 1.87 bits per heavy atom. The molecule has 1 saturated heterocycles. The highest BCUT2D eigenvalue weighted by molar-refractivity contribution is 6.46. The van der Waals surface area contributed by atoms with E-state index in [0.29, 0.717) is 30.9 Å². The SMILES string of the molecule is COc1cccc(/C(O)=C2\C(=O)C(=O)N(CCCOC(C)C)C2c2ccccc2C)c1. The van der Waals surface area contributed by atoms with Crippen molar-refractivity contribution in [1.82, 2.24) is 4.90 Å². The molecule has 2 aromatic carbocycles. The fourth-order valence-electron chi connectivity index (χ4n) is 3.81. The van der Waals surface area contributed by atoms with Crippen LogP contribution in [0.3, 0.4) is 0 Å². The topological polar surface area (TPSA) is 76.1 Å². The number of hydrogen-bond acceptors (Lipinski definition) is 5. The predicted molar refractivity (Wildman–Crippen MR) is 119 cm³/mol. The molecule has 0 aromatic heterocycles. The Morgan fingerprint density at radius 3 is 2.55 bits per heavy atom. The maximum atomic E-state index is 13.0. The maximum absolute atomic E-state index is 13.0. The van der Waals surface area contributed by atoms with E-state index in [1.165, 1.54) is 7.11 Å². The number of ether oxygens (including phenoxy) is 2. The molecule has 0 radical (unpaired) electrons. The number of hydrogen-bond donors (Lipinski definition) is 1. The number of aryl methyl sites for hydroxylation is 1. The number of carbonyl (C=O) groups excluding carboxylic acids is 2. The lowest BCUT2D eigenvalue weighted by Gasteiger charge is -2.26. The first kappa shape index (κ1) is 22.6. The van der Waals surface area contributed by atoms with Crippen LogP contribution in [-0.2, 0) is 14.3 Å². The number of likely N-dealkylation sites (tertiary alicyclic amines) is 1. The molecule has 1 aliphatic rings. The number of ketones is 1. The second-order valence-corrected chi connectivity index (χ2v) is 7.85. The number of amides is 1. The molecular weight excluding hydrogens is 394 g/mol. The van der Waals surface area contributed by atoms with Crippen LogP contribution in [-0.4, -0.2) is 48.1 Å². The van der Waals surface area contributed by atoms with Crippen LogP contribution < -0.4 is 4.74 Å². The van der Waals surface area contributed by atoms with Gasteiger partial charge in [-0.05, 0) is 50.5 Å². The fraction of sp³-hybridized carbons (Fsp3) is 0.360. The summed E-state index contributed by atoms with van der Waals surface area (Å²) in [7, 11) is 1.53. The smallest absolute Gasteiger partial charge is 0.295 e. The third-order valence-electron chi connectivity index (χ3n) is 5.36. The average molecular weight is 424 g/mol. The number of nitrogens with zero attached hydrogens (tertiary/aromatic N) is 1. The Labute approximate surface area is 183 Å². The molecule has 0 spiro atoms. The third kappa shape index (κ3) is 4.80. The summed E-state index contributed by atoms with van der Waals surface area (Å²) in [6, 6.07) is 13.8. The van der Waals surface area contributed by atoms with Crippen molar-refractivity contribution in [1.29, 1.82) is 0 Å². The first-order chi connectivity index (χ1) is 14.8. The molecule has 1 fully saturated rings. The van der Waals surface area contributed by atoms with Gasteiger partial charge in [-0.25, -0.2) is 0 Å². The standard InChI is InChI=1S/C25H29NO5/c1-16(2)31-14-8-13-26-22(20-12-6-5-9-17(20)3)21(24(28)25(26)29)23(27)18-10-7-11-19(15-18)30-4/h5-7,9-12,15-16,22,27H,8,13-14H2,1-4H3/b23-21+. The third-order valence-corrected chi connectivity index (χ3v) is 5.36. The fourth-order valence-corrected chi connectivity index (χ4v) is 3.81. The van der Waals surface area contributed by atoms with Gasteiger partial charge in [-0.15, -0.1) is 0 Å². The summed E-state index contributed by atoms with van der Waals surface area (Å²) in [5, 5.41) is 11.1. The lowest BCUT2D eigenvalue weighted by molar-refractivity contribution is -0.140. The van der Waals surface area contributed by atoms with Crippen LogP contribution >= 0.6 is 0 Å². The molecule has 1 heterocycles. The van der Waals surface area contributed by atoms with E-state index in [9.17, 15) is 14.7 Å². The zero-order valence-electron chi connectivity index (χ0n) is 18.4. The number of aliphatic hydroxyl groups is 1. The van der Waals surface area contributed by atoms with Crippen LogP contribution in [0.1, 0.15) is 43.0 Å². The summed E-state index contributed by atoms with van der Waals surface area (Å²) in [4.78, 5) is 27.6. The van der Waals surface area contributed by atoms with E-state index >= 15 is 0 Å². The molecule has 0 saturated carbocycles. The van der Waals surface area contributed by atoms with Gasteiger partial charge in [0.2, 0.25) is 0 Å². The summed E-state index contributed by atoms with van der Waals surface area (Å²) in [6.07, 6.45) is 0.683. The van der Waals surface area contributed by atoms with E-state index < -0.39 is 17.7 Å². The van der Waals surface area contributed by atoms with Gasteiger partial charge in [0.25, 0.3) is 11.7 Å². The van der Waals surface area contributed by atoms with Gasteiger partial charge in [0.15, 0.2) is 0 Å². The van der Waals surface area contributed by atoms with Crippen molar-refractivity contribution in [3.05, 3.63) is 70.8 Å². The molecule has 1 aliphatic heterocycles. The van der Waals surface area contributed by atoms with E-state index in [4.69, 9.17) is 9.47 Å². The molecule has 3 rings (SSSR count). The van der Waals surface area contributed by atoms with Crippen molar-refractivity contribution in [2.75, 3.05) is 20.3 Å². The zero-order valence-corrected chi connectivity index (χ0v) is 18.4. The Hall–Kier alpha value is -3.12. The summed E-state index contributed by atoms with van der Waals surface area (Å²) in [5.41, 5.74) is 2.28. The van der Waals surface area contributed by atoms with Gasteiger partial charge in [-0.2, -0.15) is 0 Å². The number of aliphatic hydroxyl groups excluding tert-OH is 1. The molecule has 2 aromatic rings. The zero-order chi connectivity index (χ0) is 22.5. The Balaban J connectivity index is 2.06. The molecule has 31 heavy (non-hydrogen) atoms.